The third-order valence-corrected chi connectivity index (χ3v) is 4.77. The molecule has 1 heterocycles. The van der Waals surface area contributed by atoms with Crippen LogP contribution in [-0.4, -0.2) is 26.9 Å². The van der Waals surface area contributed by atoms with Crippen LogP contribution >= 0.6 is 11.3 Å². The standard InChI is InChI=1S/C9H14N2O3S2/c1-3-10-9(12)7(2)11-16(13,14)8-5-4-6-15-8/h4-7,11H,3H2,1-2H3,(H,10,12)/t7-/m1/s1. The predicted molar refractivity (Wildman–Crippen MR) is 62.8 cm³/mol. The van der Waals surface area contributed by atoms with E-state index in [9.17, 15) is 13.2 Å². The van der Waals surface area contributed by atoms with E-state index < -0.39 is 16.1 Å². The lowest BCUT2D eigenvalue weighted by molar-refractivity contribution is -0.122. The lowest BCUT2D eigenvalue weighted by Crippen LogP contribution is -2.44. The summed E-state index contributed by atoms with van der Waals surface area (Å²) in [5.41, 5.74) is 0. The maximum absolute atomic E-state index is 11.7. The van der Waals surface area contributed by atoms with E-state index in [0.29, 0.717) is 6.54 Å². The molecule has 0 aliphatic carbocycles. The molecule has 0 radical (unpaired) electrons. The highest BCUT2D eigenvalue weighted by atomic mass is 32.2. The van der Waals surface area contributed by atoms with Crippen LogP contribution in [0.25, 0.3) is 0 Å². The van der Waals surface area contributed by atoms with Gasteiger partial charge in [0.2, 0.25) is 5.91 Å². The van der Waals surface area contributed by atoms with E-state index in [2.05, 4.69) is 10.0 Å². The van der Waals surface area contributed by atoms with E-state index in [4.69, 9.17) is 0 Å². The van der Waals surface area contributed by atoms with Gasteiger partial charge in [-0.3, -0.25) is 4.79 Å². The van der Waals surface area contributed by atoms with E-state index in [1.807, 2.05) is 0 Å². The summed E-state index contributed by atoms with van der Waals surface area (Å²) < 4.78 is 26.0. The zero-order valence-corrected chi connectivity index (χ0v) is 10.7. The van der Waals surface area contributed by atoms with Gasteiger partial charge in [0.05, 0.1) is 6.04 Å². The molecule has 1 rings (SSSR count). The van der Waals surface area contributed by atoms with Crippen LogP contribution in [0.15, 0.2) is 21.7 Å². The van der Waals surface area contributed by atoms with Crippen LogP contribution in [0, 0.1) is 0 Å². The normalized spacial score (nSPS) is 13.4. The Labute approximate surface area is 98.9 Å². The Kier molecular flexibility index (Phi) is 4.45. The lowest BCUT2D eigenvalue weighted by atomic mass is 10.3. The van der Waals surface area contributed by atoms with Crippen molar-refractivity contribution in [1.82, 2.24) is 10.0 Å². The minimum atomic E-state index is -3.57. The van der Waals surface area contributed by atoms with Crippen LogP contribution in [0.5, 0.6) is 0 Å². The third-order valence-electron chi connectivity index (χ3n) is 1.84. The summed E-state index contributed by atoms with van der Waals surface area (Å²) in [5, 5.41) is 4.22. The summed E-state index contributed by atoms with van der Waals surface area (Å²) in [5.74, 6) is -0.331. The maximum atomic E-state index is 11.7. The molecule has 0 aliphatic heterocycles. The number of rotatable bonds is 5. The highest BCUT2D eigenvalue weighted by Crippen LogP contribution is 2.15. The van der Waals surface area contributed by atoms with Crippen LogP contribution in [0.4, 0.5) is 0 Å². The van der Waals surface area contributed by atoms with Gasteiger partial charge in [0.1, 0.15) is 4.21 Å². The molecule has 1 aromatic rings. The topological polar surface area (TPSA) is 75.3 Å². The average molecular weight is 262 g/mol. The average Bonchev–Trinajstić information content (AvgIpc) is 2.70. The molecule has 0 saturated heterocycles. The number of nitrogens with one attached hydrogen (secondary N) is 2. The van der Waals surface area contributed by atoms with Crippen molar-refractivity contribution in [2.75, 3.05) is 6.54 Å². The molecular formula is C9H14N2O3S2. The minimum absolute atomic E-state index is 0.212. The van der Waals surface area contributed by atoms with Gasteiger partial charge in [-0.1, -0.05) is 6.07 Å². The second-order valence-electron chi connectivity index (χ2n) is 3.17. The number of sulfonamides is 1. The van der Waals surface area contributed by atoms with Gasteiger partial charge >= 0.3 is 0 Å². The Balaban J connectivity index is 2.71. The molecular weight excluding hydrogens is 248 g/mol. The smallest absolute Gasteiger partial charge is 0.250 e. The minimum Gasteiger partial charge on any atom is -0.355 e. The quantitative estimate of drug-likeness (QED) is 0.813. The van der Waals surface area contributed by atoms with E-state index in [1.165, 1.54) is 13.0 Å². The Morgan fingerprint density at radius 3 is 2.75 bits per heavy atom. The third kappa shape index (κ3) is 3.29. The second-order valence-corrected chi connectivity index (χ2v) is 6.06. The monoisotopic (exact) mass is 262 g/mol. The molecule has 5 nitrogen and oxygen atoms in total. The van der Waals surface area contributed by atoms with Gasteiger partial charge in [-0.15, -0.1) is 11.3 Å². The highest BCUT2D eigenvalue weighted by molar-refractivity contribution is 7.91. The van der Waals surface area contributed by atoms with E-state index in [-0.39, 0.29) is 10.1 Å². The summed E-state index contributed by atoms with van der Waals surface area (Å²) in [6, 6.07) is 2.38. The highest BCUT2D eigenvalue weighted by Gasteiger charge is 2.21. The number of hydrogen-bond donors (Lipinski definition) is 2. The zero-order chi connectivity index (χ0) is 12.2. The molecule has 0 aliphatic rings. The molecule has 16 heavy (non-hydrogen) atoms. The number of hydrogen-bond acceptors (Lipinski definition) is 4. The van der Waals surface area contributed by atoms with E-state index in [1.54, 1.807) is 18.4 Å². The molecule has 0 aromatic carbocycles. The summed E-state index contributed by atoms with van der Waals surface area (Å²) in [4.78, 5) is 11.4. The van der Waals surface area contributed by atoms with Gasteiger partial charge in [0.25, 0.3) is 10.0 Å². The Hall–Kier alpha value is -0.920. The van der Waals surface area contributed by atoms with Crippen LogP contribution in [0.1, 0.15) is 13.8 Å². The van der Waals surface area contributed by atoms with Crippen LogP contribution in [0.2, 0.25) is 0 Å². The second kappa shape index (κ2) is 5.42. The van der Waals surface area contributed by atoms with Gasteiger partial charge in [0.15, 0.2) is 0 Å². The number of amides is 1. The van der Waals surface area contributed by atoms with Gasteiger partial charge in [-0.2, -0.15) is 4.72 Å². The molecule has 0 unspecified atom stereocenters. The summed E-state index contributed by atoms with van der Waals surface area (Å²) >= 11 is 1.11. The Morgan fingerprint density at radius 1 is 1.56 bits per heavy atom. The van der Waals surface area contributed by atoms with Crippen molar-refractivity contribution in [2.24, 2.45) is 0 Å². The lowest BCUT2D eigenvalue weighted by Gasteiger charge is -2.12. The van der Waals surface area contributed by atoms with E-state index >= 15 is 0 Å². The first-order valence-electron chi connectivity index (χ1n) is 4.81. The van der Waals surface area contributed by atoms with Crippen molar-refractivity contribution in [3.63, 3.8) is 0 Å². The molecule has 0 saturated carbocycles. The fourth-order valence-electron chi connectivity index (χ4n) is 1.09. The van der Waals surface area contributed by atoms with Crippen LogP contribution in [-0.2, 0) is 14.8 Å². The van der Waals surface area contributed by atoms with Crippen molar-refractivity contribution in [1.29, 1.82) is 0 Å². The van der Waals surface area contributed by atoms with Crippen molar-refractivity contribution in [2.45, 2.75) is 24.1 Å². The van der Waals surface area contributed by atoms with Crippen molar-refractivity contribution in [3.05, 3.63) is 17.5 Å². The Morgan fingerprint density at radius 2 is 2.25 bits per heavy atom. The zero-order valence-electron chi connectivity index (χ0n) is 9.06. The molecule has 7 heteroatoms. The van der Waals surface area contributed by atoms with Crippen molar-refractivity contribution < 1.29 is 13.2 Å². The summed E-state index contributed by atoms with van der Waals surface area (Å²) in [7, 11) is -3.57. The van der Waals surface area contributed by atoms with Crippen LogP contribution < -0.4 is 10.0 Å². The molecule has 0 bridgehead atoms. The van der Waals surface area contributed by atoms with Gasteiger partial charge < -0.3 is 5.32 Å². The van der Waals surface area contributed by atoms with Gasteiger partial charge in [-0.25, -0.2) is 8.42 Å². The summed E-state index contributed by atoms with van der Waals surface area (Å²) in [6.07, 6.45) is 0. The molecule has 2 N–H and O–H groups in total. The SMILES string of the molecule is CCNC(=O)[C@@H](C)NS(=O)(=O)c1cccs1. The first-order chi connectivity index (χ1) is 7.47. The summed E-state index contributed by atoms with van der Waals surface area (Å²) in [6.45, 7) is 3.76. The fourth-order valence-corrected chi connectivity index (χ4v) is 3.30. The van der Waals surface area contributed by atoms with Gasteiger partial charge in [-0.05, 0) is 25.3 Å². The Bertz CT molecular complexity index is 439. The van der Waals surface area contributed by atoms with Crippen LogP contribution in [0.3, 0.4) is 0 Å². The number of likely N-dealkylation sites (N-methyl/N-ethyl adjacent to an activating group) is 1. The van der Waals surface area contributed by atoms with Gasteiger partial charge in [0, 0.05) is 6.54 Å². The number of carbonyl (C=O) groups is 1. The first-order valence-corrected chi connectivity index (χ1v) is 7.17. The molecule has 0 spiro atoms. The molecule has 1 amide bonds. The molecule has 0 fully saturated rings. The fraction of sp³-hybridized carbons (Fsp3) is 0.444. The van der Waals surface area contributed by atoms with E-state index in [0.717, 1.165) is 11.3 Å². The number of thiophene rings is 1. The molecule has 1 atom stereocenters. The largest absolute Gasteiger partial charge is 0.355 e. The predicted octanol–water partition coefficient (Wildman–Crippen LogP) is 0.551. The van der Waals surface area contributed by atoms with Crippen molar-refractivity contribution >= 4 is 27.3 Å². The molecule has 90 valence electrons. The first kappa shape index (κ1) is 13.1. The number of carbonyl (C=O) groups excluding carboxylic acids is 1. The maximum Gasteiger partial charge on any atom is 0.250 e. The molecule has 1 aromatic heterocycles. The van der Waals surface area contributed by atoms with Crippen molar-refractivity contribution in [3.8, 4) is 0 Å².